The fourth-order valence-electron chi connectivity index (χ4n) is 2.47. The Balaban J connectivity index is 1.79. The number of benzene rings is 1. The van der Waals surface area contributed by atoms with Crippen LogP contribution in [0, 0.1) is 0 Å². The maximum atomic E-state index is 3.55. The van der Waals surface area contributed by atoms with Crippen molar-refractivity contribution in [3.05, 3.63) is 29.8 Å². The Morgan fingerprint density at radius 2 is 2.05 bits per heavy atom. The van der Waals surface area contributed by atoms with E-state index in [-0.39, 0.29) is 5.54 Å². The third-order valence-electron chi connectivity index (χ3n) is 3.48. The van der Waals surface area contributed by atoms with Crippen molar-refractivity contribution in [2.75, 3.05) is 32.4 Å². The molecular weight excluding hydrogens is 252 g/mol. The lowest BCUT2D eigenvalue weighted by molar-refractivity contribution is 0.298. The molecule has 1 aliphatic rings. The van der Waals surface area contributed by atoms with Crippen LogP contribution in [0.1, 0.15) is 32.3 Å². The summed E-state index contributed by atoms with van der Waals surface area (Å²) in [4.78, 5) is 3.93. The number of hydrogen-bond acceptors (Lipinski definition) is 3. The molecule has 0 saturated carbocycles. The van der Waals surface area contributed by atoms with Gasteiger partial charge in [-0.05, 0) is 39.4 Å². The minimum Gasteiger partial charge on any atom is -0.311 e. The van der Waals surface area contributed by atoms with Gasteiger partial charge in [0, 0.05) is 41.7 Å². The van der Waals surface area contributed by atoms with E-state index in [1.54, 1.807) is 5.56 Å². The van der Waals surface area contributed by atoms with Crippen LogP contribution in [0.3, 0.4) is 0 Å². The van der Waals surface area contributed by atoms with Crippen LogP contribution >= 0.6 is 11.8 Å². The fourth-order valence-corrected chi connectivity index (χ4v) is 3.71. The zero-order valence-electron chi connectivity index (χ0n) is 12.6. The van der Waals surface area contributed by atoms with Gasteiger partial charge in [-0.1, -0.05) is 18.2 Å². The van der Waals surface area contributed by atoms with Crippen LogP contribution in [0.4, 0.5) is 0 Å². The van der Waals surface area contributed by atoms with Gasteiger partial charge in [-0.2, -0.15) is 0 Å². The van der Waals surface area contributed by atoms with Gasteiger partial charge in [0.2, 0.25) is 0 Å². The van der Waals surface area contributed by atoms with Crippen LogP contribution < -0.4 is 5.32 Å². The van der Waals surface area contributed by atoms with E-state index in [0.717, 1.165) is 19.6 Å². The van der Waals surface area contributed by atoms with Crippen LogP contribution in [0.15, 0.2) is 29.2 Å². The smallest absolute Gasteiger partial charge is 0.0108 e. The molecule has 0 aliphatic carbocycles. The number of rotatable bonds is 5. The second kappa shape index (κ2) is 6.29. The molecule has 1 aliphatic heterocycles. The molecule has 19 heavy (non-hydrogen) atoms. The van der Waals surface area contributed by atoms with Gasteiger partial charge in [-0.15, -0.1) is 11.8 Å². The van der Waals surface area contributed by atoms with Gasteiger partial charge in [0.1, 0.15) is 0 Å². The molecule has 1 heterocycles. The first-order chi connectivity index (χ1) is 8.96. The Kier molecular flexibility index (Phi) is 4.93. The molecule has 1 aromatic carbocycles. The summed E-state index contributed by atoms with van der Waals surface area (Å²) in [6.45, 7) is 9.99. The van der Waals surface area contributed by atoms with E-state index in [0.29, 0.717) is 5.92 Å². The van der Waals surface area contributed by atoms with Crippen LogP contribution in [0.5, 0.6) is 0 Å². The number of nitrogens with zero attached hydrogens (tertiary/aromatic N) is 1. The molecule has 0 aromatic heterocycles. The van der Waals surface area contributed by atoms with E-state index in [1.807, 2.05) is 11.8 Å². The predicted molar refractivity (Wildman–Crippen MR) is 85.2 cm³/mol. The lowest BCUT2D eigenvalue weighted by Gasteiger charge is -2.25. The van der Waals surface area contributed by atoms with Gasteiger partial charge in [-0.25, -0.2) is 0 Å². The van der Waals surface area contributed by atoms with Crippen molar-refractivity contribution >= 4 is 11.8 Å². The molecule has 0 spiro atoms. The zero-order valence-corrected chi connectivity index (χ0v) is 13.4. The summed E-state index contributed by atoms with van der Waals surface area (Å²) in [5.41, 5.74) is 1.76. The van der Waals surface area contributed by atoms with Gasteiger partial charge in [0.05, 0.1) is 0 Å². The molecule has 0 fully saturated rings. The molecule has 1 N–H and O–H groups in total. The topological polar surface area (TPSA) is 15.3 Å². The van der Waals surface area contributed by atoms with Crippen LogP contribution in [-0.4, -0.2) is 42.9 Å². The van der Waals surface area contributed by atoms with Gasteiger partial charge in [-0.3, -0.25) is 0 Å². The molecule has 3 heteroatoms. The summed E-state index contributed by atoms with van der Waals surface area (Å²) < 4.78 is 0. The maximum absolute atomic E-state index is 3.55. The van der Waals surface area contributed by atoms with Gasteiger partial charge < -0.3 is 10.2 Å². The van der Waals surface area contributed by atoms with Gasteiger partial charge in [0.15, 0.2) is 0 Å². The van der Waals surface area contributed by atoms with Gasteiger partial charge >= 0.3 is 0 Å². The molecule has 1 atom stereocenters. The second-order valence-electron chi connectivity index (χ2n) is 6.48. The largest absolute Gasteiger partial charge is 0.311 e. The van der Waals surface area contributed by atoms with Crippen LogP contribution in [0.25, 0.3) is 0 Å². The predicted octanol–water partition coefficient (Wildman–Crippen LogP) is 3.20. The lowest BCUT2D eigenvalue weighted by atomic mass is 10.0. The maximum Gasteiger partial charge on any atom is 0.0108 e. The van der Waals surface area contributed by atoms with Crippen molar-refractivity contribution in [2.24, 2.45) is 0 Å². The lowest BCUT2D eigenvalue weighted by Crippen LogP contribution is -2.41. The number of nitrogens with one attached hydrogen (secondary N) is 1. The van der Waals surface area contributed by atoms with Crippen molar-refractivity contribution in [3.8, 4) is 0 Å². The van der Waals surface area contributed by atoms with E-state index in [1.165, 1.54) is 10.6 Å². The highest BCUT2D eigenvalue weighted by Gasteiger charge is 2.23. The summed E-state index contributed by atoms with van der Waals surface area (Å²) in [6, 6.07) is 8.85. The average molecular weight is 278 g/mol. The average Bonchev–Trinajstić information content (AvgIpc) is 2.71. The van der Waals surface area contributed by atoms with E-state index in [4.69, 9.17) is 0 Å². The first-order valence-electron chi connectivity index (χ1n) is 7.11. The molecule has 0 amide bonds. The summed E-state index contributed by atoms with van der Waals surface area (Å²) in [6.07, 6.45) is 0. The number of thioether (sulfide) groups is 1. The Bertz CT molecular complexity index is 411. The SMILES string of the molecule is CN(CCNC(C)(C)C)CC1CSc2ccccc21. The monoisotopic (exact) mass is 278 g/mol. The van der Waals surface area contributed by atoms with Crippen molar-refractivity contribution in [2.45, 2.75) is 37.1 Å². The zero-order chi connectivity index (χ0) is 13.9. The summed E-state index contributed by atoms with van der Waals surface area (Å²) in [5.74, 6) is 1.93. The Morgan fingerprint density at radius 1 is 1.32 bits per heavy atom. The molecule has 1 aromatic rings. The number of likely N-dealkylation sites (N-methyl/N-ethyl adjacent to an activating group) is 1. The van der Waals surface area contributed by atoms with E-state index >= 15 is 0 Å². The summed E-state index contributed by atoms with van der Waals surface area (Å²) in [7, 11) is 2.23. The molecule has 2 nitrogen and oxygen atoms in total. The van der Waals surface area contributed by atoms with Crippen molar-refractivity contribution < 1.29 is 0 Å². The first kappa shape index (κ1) is 14.9. The quantitative estimate of drug-likeness (QED) is 0.890. The minimum absolute atomic E-state index is 0.219. The minimum atomic E-state index is 0.219. The van der Waals surface area contributed by atoms with Crippen LogP contribution in [-0.2, 0) is 0 Å². The number of fused-ring (bicyclic) bond motifs is 1. The molecule has 0 bridgehead atoms. The Hall–Kier alpha value is -0.510. The van der Waals surface area contributed by atoms with E-state index in [9.17, 15) is 0 Å². The summed E-state index contributed by atoms with van der Waals surface area (Å²) in [5, 5.41) is 3.55. The van der Waals surface area contributed by atoms with Crippen molar-refractivity contribution in [1.29, 1.82) is 0 Å². The first-order valence-corrected chi connectivity index (χ1v) is 8.09. The molecular formula is C16H26N2S. The fraction of sp³-hybridized carbons (Fsp3) is 0.625. The molecule has 106 valence electrons. The van der Waals surface area contributed by atoms with E-state index < -0.39 is 0 Å². The standard InChI is InChI=1S/C16H26N2S/c1-16(2,3)17-9-10-18(4)11-13-12-19-15-8-6-5-7-14(13)15/h5-8,13,17H,9-12H2,1-4H3. The normalized spacial score (nSPS) is 18.9. The highest BCUT2D eigenvalue weighted by molar-refractivity contribution is 7.99. The third kappa shape index (κ3) is 4.51. The molecule has 2 rings (SSSR count). The molecule has 0 radical (unpaired) electrons. The van der Waals surface area contributed by atoms with E-state index in [2.05, 4.69) is 62.3 Å². The van der Waals surface area contributed by atoms with Crippen LogP contribution in [0.2, 0.25) is 0 Å². The Labute approximate surface area is 122 Å². The second-order valence-corrected chi connectivity index (χ2v) is 7.55. The molecule has 1 unspecified atom stereocenters. The van der Waals surface area contributed by atoms with Crippen molar-refractivity contribution in [1.82, 2.24) is 10.2 Å². The Morgan fingerprint density at radius 3 is 2.79 bits per heavy atom. The highest BCUT2D eigenvalue weighted by Crippen LogP contribution is 2.39. The van der Waals surface area contributed by atoms with Crippen molar-refractivity contribution in [3.63, 3.8) is 0 Å². The van der Waals surface area contributed by atoms with Gasteiger partial charge in [0.25, 0.3) is 0 Å². The number of hydrogen-bond donors (Lipinski definition) is 1. The molecule has 0 saturated heterocycles. The summed E-state index contributed by atoms with van der Waals surface area (Å²) >= 11 is 2.00. The third-order valence-corrected chi connectivity index (χ3v) is 4.73. The highest BCUT2D eigenvalue weighted by atomic mass is 32.2.